The Balaban J connectivity index is 1.65. The number of hydrogen-bond acceptors (Lipinski definition) is 5. The Morgan fingerprint density at radius 3 is 2.69 bits per heavy atom. The maximum Gasteiger partial charge on any atom is 0.276 e. The second-order valence-corrected chi connectivity index (χ2v) is 8.26. The molecule has 1 amide bonds. The molecular weight excluding hydrogens is 433 g/mol. The predicted octanol–water partition coefficient (Wildman–Crippen LogP) is 4.97. The van der Waals surface area contributed by atoms with Crippen LogP contribution in [0.4, 0.5) is 10.1 Å². The smallest absolute Gasteiger partial charge is 0.276 e. The second kappa shape index (κ2) is 8.36. The van der Waals surface area contributed by atoms with Gasteiger partial charge < -0.3 is 5.32 Å². The number of aromatic nitrogens is 2. The lowest BCUT2D eigenvalue weighted by Gasteiger charge is -2.12. The minimum absolute atomic E-state index is 0.0377. The van der Waals surface area contributed by atoms with Crippen molar-refractivity contribution in [3.05, 3.63) is 81.2 Å². The van der Waals surface area contributed by atoms with Crippen LogP contribution in [0.25, 0.3) is 15.9 Å². The summed E-state index contributed by atoms with van der Waals surface area (Å²) in [6.07, 6.45) is 0. The van der Waals surface area contributed by atoms with Gasteiger partial charge in [-0.05, 0) is 47.8 Å². The number of amides is 1. The molecule has 2 heterocycles. The molecule has 4 aromatic rings. The van der Waals surface area contributed by atoms with E-state index in [-0.39, 0.29) is 17.0 Å². The Bertz CT molecular complexity index is 1250. The van der Waals surface area contributed by atoms with E-state index in [0.717, 1.165) is 11.8 Å². The maximum absolute atomic E-state index is 13.7. The molecular formula is C20H13ClFN3O2S2. The van der Waals surface area contributed by atoms with Gasteiger partial charge in [-0.3, -0.25) is 14.2 Å². The van der Waals surface area contributed by atoms with Crippen LogP contribution >= 0.6 is 34.7 Å². The van der Waals surface area contributed by atoms with Gasteiger partial charge in [-0.1, -0.05) is 35.5 Å². The fourth-order valence-electron chi connectivity index (χ4n) is 2.69. The molecule has 0 saturated carbocycles. The number of rotatable bonds is 5. The van der Waals surface area contributed by atoms with Crippen LogP contribution in [-0.4, -0.2) is 21.2 Å². The number of fused-ring (bicyclic) bond motifs is 1. The van der Waals surface area contributed by atoms with Gasteiger partial charge in [-0.25, -0.2) is 9.37 Å². The lowest BCUT2D eigenvalue weighted by atomic mass is 10.3. The molecule has 0 aliphatic rings. The average molecular weight is 446 g/mol. The molecule has 9 heteroatoms. The number of carbonyl (C=O) groups excluding carboxylic acids is 1. The van der Waals surface area contributed by atoms with Crippen LogP contribution in [0.3, 0.4) is 0 Å². The standard InChI is InChI=1S/C20H13ClFN3O2S2/c21-12-5-7-13(8-6-12)25-19(27)18-16(9-10-28-18)24-20(25)29-11-17(26)23-15-4-2-1-3-14(15)22/h1-10H,11H2,(H,23,26). The van der Waals surface area contributed by atoms with Crippen molar-refractivity contribution in [2.75, 3.05) is 11.1 Å². The highest BCUT2D eigenvalue weighted by molar-refractivity contribution is 7.99. The van der Waals surface area contributed by atoms with Gasteiger partial charge in [-0.2, -0.15) is 0 Å². The summed E-state index contributed by atoms with van der Waals surface area (Å²) in [7, 11) is 0. The van der Waals surface area contributed by atoms with Crippen molar-refractivity contribution in [3.63, 3.8) is 0 Å². The lowest BCUT2D eigenvalue weighted by molar-refractivity contribution is -0.113. The first kappa shape index (κ1) is 19.6. The van der Waals surface area contributed by atoms with Crippen LogP contribution in [-0.2, 0) is 4.79 Å². The van der Waals surface area contributed by atoms with Crippen molar-refractivity contribution in [1.82, 2.24) is 9.55 Å². The molecule has 4 rings (SSSR count). The molecule has 0 aliphatic heterocycles. The topological polar surface area (TPSA) is 64.0 Å². The average Bonchev–Trinajstić information content (AvgIpc) is 3.18. The normalized spacial score (nSPS) is 11.0. The summed E-state index contributed by atoms with van der Waals surface area (Å²) < 4.78 is 15.7. The highest BCUT2D eigenvalue weighted by atomic mass is 35.5. The fraction of sp³-hybridized carbons (Fsp3) is 0.0500. The van der Waals surface area contributed by atoms with Crippen molar-refractivity contribution in [3.8, 4) is 5.69 Å². The summed E-state index contributed by atoms with van der Waals surface area (Å²) in [5.41, 5.74) is 1.06. The number of thioether (sulfide) groups is 1. The number of anilines is 1. The third kappa shape index (κ3) is 4.19. The number of halogens is 2. The third-order valence-electron chi connectivity index (χ3n) is 4.01. The summed E-state index contributed by atoms with van der Waals surface area (Å²) in [5, 5.41) is 5.24. The van der Waals surface area contributed by atoms with Gasteiger partial charge in [0.2, 0.25) is 5.91 Å². The zero-order valence-electron chi connectivity index (χ0n) is 14.8. The van der Waals surface area contributed by atoms with Crippen LogP contribution < -0.4 is 10.9 Å². The molecule has 5 nitrogen and oxygen atoms in total. The lowest BCUT2D eigenvalue weighted by Crippen LogP contribution is -2.22. The molecule has 2 aromatic carbocycles. The van der Waals surface area contributed by atoms with Gasteiger partial charge in [0, 0.05) is 5.02 Å². The third-order valence-corrected chi connectivity index (χ3v) is 6.10. The van der Waals surface area contributed by atoms with E-state index < -0.39 is 11.7 Å². The summed E-state index contributed by atoms with van der Waals surface area (Å²) in [5.74, 6) is -0.951. The van der Waals surface area contributed by atoms with Gasteiger partial charge in [0.25, 0.3) is 5.56 Å². The Labute approximate surface area is 178 Å². The van der Waals surface area contributed by atoms with Crippen LogP contribution in [0.2, 0.25) is 5.02 Å². The largest absolute Gasteiger partial charge is 0.323 e. The Morgan fingerprint density at radius 1 is 1.17 bits per heavy atom. The molecule has 0 radical (unpaired) electrons. The van der Waals surface area contributed by atoms with E-state index in [1.165, 1.54) is 28.0 Å². The molecule has 29 heavy (non-hydrogen) atoms. The van der Waals surface area contributed by atoms with Gasteiger partial charge in [0.15, 0.2) is 5.16 Å². The van der Waals surface area contributed by atoms with E-state index in [1.807, 2.05) is 0 Å². The van der Waals surface area contributed by atoms with Crippen LogP contribution in [0.5, 0.6) is 0 Å². The van der Waals surface area contributed by atoms with E-state index in [4.69, 9.17) is 11.6 Å². The van der Waals surface area contributed by atoms with Gasteiger partial charge in [0.05, 0.1) is 22.6 Å². The summed E-state index contributed by atoms with van der Waals surface area (Å²) in [4.78, 5) is 29.9. The zero-order chi connectivity index (χ0) is 20.4. The van der Waals surface area contributed by atoms with E-state index in [0.29, 0.717) is 26.1 Å². The highest BCUT2D eigenvalue weighted by Gasteiger charge is 2.16. The minimum atomic E-state index is -0.512. The number of hydrogen-bond donors (Lipinski definition) is 1. The Hall–Kier alpha value is -2.68. The van der Waals surface area contributed by atoms with E-state index >= 15 is 0 Å². The molecule has 0 aliphatic carbocycles. The predicted molar refractivity (Wildman–Crippen MR) is 116 cm³/mol. The molecule has 0 bridgehead atoms. The molecule has 0 spiro atoms. The van der Waals surface area contributed by atoms with Crippen molar-refractivity contribution >= 4 is 56.5 Å². The molecule has 0 unspecified atom stereocenters. The van der Waals surface area contributed by atoms with E-state index in [9.17, 15) is 14.0 Å². The number of nitrogens with one attached hydrogen (secondary N) is 1. The van der Waals surface area contributed by atoms with E-state index in [1.54, 1.807) is 47.8 Å². The van der Waals surface area contributed by atoms with Crippen molar-refractivity contribution < 1.29 is 9.18 Å². The molecule has 1 N–H and O–H groups in total. The first-order valence-corrected chi connectivity index (χ1v) is 10.7. The van der Waals surface area contributed by atoms with Crippen LogP contribution in [0.15, 0.2) is 69.9 Å². The molecule has 0 atom stereocenters. The summed E-state index contributed by atoms with van der Waals surface area (Å²) in [6, 6.07) is 14.5. The van der Waals surface area contributed by atoms with Crippen LogP contribution in [0, 0.1) is 5.82 Å². The van der Waals surface area contributed by atoms with E-state index in [2.05, 4.69) is 10.3 Å². The zero-order valence-corrected chi connectivity index (χ0v) is 17.2. The molecule has 146 valence electrons. The second-order valence-electron chi connectivity index (χ2n) is 5.96. The number of benzene rings is 2. The number of thiophene rings is 1. The maximum atomic E-state index is 13.7. The summed E-state index contributed by atoms with van der Waals surface area (Å²) >= 11 is 8.37. The number of carbonyl (C=O) groups is 1. The SMILES string of the molecule is O=C(CSc1nc2ccsc2c(=O)n1-c1ccc(Cl)cc1)Nc1ccccc1F. The first-order valence-electron chi connectivity index (χ1n) is 8.46. The quantitative estimate of drug-likeness (QED) is 0.348. The van der Waals surface area contributed by atoms with Gasteiger partial charge in [0.1, 0.15) is 10.5 Å². The van der Waals surface area contributed by atoms with Gasteiger partial charge in [-0.15, -0.1) is 11.3 Å². The monoisotopic (exact) mass is 445 g/mol. The minimum Gasteiger partial charge on any atom is -0.323 e. The highest BCUT2D eigenvalue weighted by Crippen LogP contribution is 2.24. The van der Waals surface area contributed by atoms with Gasteiger partial charge >= 0.3 is 0 Å². The fourth-order valence-corrected chi connectivity index (χ4v) is 4.38. The van der Waals surface area contributed by atoms with Crippen molar-refractivity contribution in [2.24, 2.45) is 0 Å². The number of nitrogens with zero attached hydrogens (tertiary/aromatic N) is 2. The molecule has 0 fully saturated rings. The molecule has 0 saturated heterocycles. The van der Waals surface area contributed by atoms with Crippen molar-refractivity contribution in [1.29, 1.82) is 0 Å². The molecule has 2 aromatic heterocycles. The number of para-hydroxylation sites is 1. The van der Waals surface area contributed by atoms with Crippen LogP contribution in [0.1, 0.15) is 0 Å². The van der Waals surface area contributed by atoms with Crippen molar-refractivity contribution in [2.45, 2.75) is 5.16 Å². The Kier molecular flexibility index (Phi) is 5.66. The Morgan fingerprint density at radius 2 is 1.93 bits per heavy atom. The first-order chi connectivity index (χ1) is 14.0. The summed E-state index contributed by atoms with van der Waals surface area (Å²) in [6.45, 7) is 0.